The number of nitrogens with zero attached hydrogens (tertiary/aromatic N) is 3. The van der Waals surface area contributed by atoms with Crippen molar-refractivity contribution in [1.82, 2.24) is 20.0 Å². The summed E-state index contributed by atoms with van der Waals surface area (Å²) in [6, 6.07) is 6.12. The SMILES string of the molecule is CCN(CC(=O)O)C1CC(NC(=O)Nc2cnn(-c3ccc(C)cc3C)c2)C1. The Bertz CT molecular complexity index is 857. The minimum Gasteiger partial charge on any atom is -0.480 e. The summed E-state index contributed by atoms with van der Waals surface area (Å²) in [5, 5.41) is 19.0. The molecule has 1 aromatic carbocycles. The molecule has 1 saturated carbocycles. The van der Waals surface area contributed by atoms with Gasteiger partial charge in [0.25, 0.3) is 0 Å². The van der Waals surface area contributed by atoms with Gasteiger partial charge in [0.15, 0.2) is 0 Å². The Morgan fingerprint density at radius 1 is 1.32 bits per heavy atom. The van der Waals surface area contributed by atoms with Crippen LogP contribution in [0.15, 0.2) is 30.6 Å². The summed E-state index contributed by atoms with van der Waals surface area (Å²) < 4.78 is 1.74. The lowest BCUT2D eigenvalue weighted by Gasteiger charge is -2.42. The number of hydrogen-bond acceptors (Lipinski definition) is 4. The van der Waals surface area contributed by atoms with Crippen LogP contribution >= 0.6 is 0 Å². The number of urea groups is 1. The van der Waals surface area contributed by atoms with E-state index in [-0.39, 0.29) is 24.7 Å². The molecule has 1 heterocycles. The average Bonchev–Trinajstić information content (AvgIpc) is 3.03. The van der Waals surface area contributed by atoms with Crippen LogP contribution in [0.2, 0.25) is 0 Å². The first kappa shape index (κ1) is 19.9. The van der Waals surface area contributed by atoms with Crippen LogP contribution in [0.1, 0.15) is 30.9 Å². The van der Waals surface area contributed by atoms with E-state index < -0.39 is 5.97 Å². The van der Waals surface area contributed by atoms with Crippen molar-refractivity contribution >= 4 is 17.7 Å². The van der Waals surface area contributed by atoms with Gasteiger partial charge in [-0.1, -0.05) is 24.6 Å². The van der Waals surface area contributed by atoms with Crippen LogP contribution in [-0.4, -0.2) is 57.0 Å². The summed E-state index contributed by atoms with van der Waals surface area (Å²) in [6.45, 7) is 6.75. The highest BCUT2D eigenvalue weighted by Crippen LogP contribution is 2.25. The van der Waals surface area contributed by atoms with Crippen LogP contribution in [0, 0.1) is 13.8 Å². The summed E-state index contributed by atoms with van der Waals surface area (Å²) in [6.07, 6.45) is 4.92. The normalized spacial score (nSPS) is 18.6. The number of likely N-dealkylation sites (N-methyl/N-ethyl adjacent to an activating group) is 1. The first-order valence-electron chi connectivity index (χ1n) is 9.51. The van der Waals surface area contributed by atoms with Crippen molar-refractivity contribution in [2.24, 2.45) is 0 Å². The molecule has 0 spiro atoms. The predicted molar refractivity (Wildman–Crippen MR) is 107 cm³/mol. The molecule has 8 nitrogen and oxygen atoms in total. The van der Waals surface area contributed by atoms with E-state index in [9.17, 15) is 9.59 Å². The zero-order valence-electron chi connectivity index (χ0n) is 16.5. The fourth-order valence-electron chi connectivity index (χ4n) is 3.61. The van der Waals surface area contributed by atoms with E-state index in [0.717, 1.165) is 24.1 Å². The zero-order valence-corrected chi connectivity index (χ0v) is 16.5. The smallest absolute Gasteiger partial charge is 0.319 e. The number of carbonyl (C=O) groups is 2. The Morgan fingerprint density at radius 3 is 2.71 bits per heavy atom. The highest BCUT2D eigenvalue weighted by Gasteiger charge is 2.34. The number of carboxylic acids is 1. The molecular formula is C20H27N5O3. The summed E-state index contributed by atoms with van der Waals surface area (Å²) in [4.78, 5) is 25.0. The Kier molecular flexibility index (Phi) is 5.99. The standard InChI is InChI=1S/C20H27N5O3/c1-4-24(12-19(26)27)17-8-15(9-17)22-20(28)23-16-10-21-25(11-16)18-6-5-13(2)7-14(18)3/h5-7,10-11,15,17H,4,8-9,12H2,1-3H3,(H,26,27)(H2,22,23,28). The van der Waals surface area contributed by atoms with Crippen molar-refractivity contribution in [3.05, 3.63) is 41.7 Å². The molecule has 0 saturated heterocycles. The lowest BCUT2D eigenvalue weighted by atomic mass is 9.85. The van der Waals surface area contributed by atoms with Gasteiger partial charge < -0.3 is 15.7 Å². The number of aryl methyl sites for hydroxylation is 2. The van der Waals surface area contributed by atoms with Gasteiger partial charge in [-0.3, -0.25) is 9.69 Å². The van der Waals surface area contributed by atoms with E-state index in [1.165, 1.54) is 5.56 Å². The van der Waals surface area contributed by atoms with E-state index in [4.69, 9.17) is 5.11 Å². The van der Waals surface area contributed by atoms with Gasteiger partial charge >= 0.3 is 12.0 Å². The highest BCUT2D eigenvalue weighted by molar-refractivity contribution is 5.89. The van der Waals surface area contributed by atoms with Gasteiger partial charge in [-0.2, -0.15) is 5.10 Å². The van der Waals surface area contributed by atoms with Crippen molar-refractivity contribution in [1.29, 1.82) is 0 Å². The molecule has 3 rings (SSSR count). The monoisotopic (exact) mass is 385 g/mol. The minimum absolute atomic E-state index is 0.0394. The summed E-state index contributed by atoms with van der Waals surface area (Å²) in [5.41, 5.74) is 3.89. The van der Waals surface area contributed by atoms with Crippen molar-refractivity contribution in [2.45, 2.75) is 45.7 Å². The molecule has 28 heavy (non-hydrogen) atoms. The lowest BCUT2D eigenvalue weighted by molar-refractivity contribution is -0.139. The number of hydrogen-bond donors (Lipinski definition) is 3. The van der Waals surface area contributed by atoms with Crippen LogP contribution < -0.4 is 10.6 Å². The first-order valence-corrected chi connectivity index (χ1v) is 9.51. The number of aromatic nitrogens is 2. The maximum atomic E-state index is 12.2. The van der Waals surface area contributed by atoms with Crippen LogP contribution in [0.25, 0.3) is 5.69 Å². The highest BCUT2D eigenvalue weighted by atomic mass is 16.4. The van der Waals surface area contributed by atoms with Gasteiger partial charge in [0.05, 0.1) is 30.3 Å². The van der Waals surface area contributed by atoms with E-state index in [1.54, 1.807) is 17.1 Å². The molecule has 1 aliphatic carbocycles. The average molecular weight is 385 g/mol. The number of rotatable bonds is 7. The molecule has 8 heteroatoms. The summed E-state index contributed by atoms with van der Waals surface area (Å²) in [5.74, 6) is -0.822. The van der Waals surface area contributed by atoms with Gasteiger partial charge in [-0.25, -0.2) is 9.48 Å². The first-order chi connectivity index (χ1) is 13.4. The lowest BCUT2D eigenvalue weighted by Crippen LogP contribution is -2.55. The van der Waals surface area contributed by atoms with Gasteiger partial charge in [0.1, 0.15) is 0 Å². The second-order valence-corrected chi connectivity index (χ2v) is 7.34. The second-order valence-electron chi connectivity index (χ2n) is 7.34. The van der Waals surface area contributed by atoms with Gasteiger partial charge in [0.2, 0.25) is 0 Å². The fourth-order valence-corrected chi connectivity index (χ4v) is 3.61. The van der Waals surface area contributed by atoms with Gasteiger partial charge in [-0.05, 0) is 44.9 Å². The van der Waals surface area contributed by atoms with E-state index in [1.807, 2.05) is 37.8 Å². The van der Waals surface area contributed by atoms with Crippen molar-refractivity contribution in [3.63, 3.8) is 0 Å². The Morgan fingerprint density at radius 2 is 2.07 bits per heavy atom. The van der Waals surface area contributed by atoms with Crippen molar-refractivity contribution < 1.29 is 14.7 Å². The Labute approximate surface area is 164 Å². The minimum atomic E-state index is -0.822. The molecule has 0 aliphatic heterocycles. The van der Waals surface area contributed by atoms with Crippen LogP contribution in [-0.2, 0) is 4.79 Å². The van der Waals surface area contributed by atoms with Crippen LogP contribution in [0.4, 0.5) is 10.5 Å². The molecule has 0 unspecified atom stereocenters. The van der Waals surface area contributed by atoms with Crippen molar-refractivity contribution in [3.8, 4) is 5.69 Å². The predicted octanol–water partition coefficient (Wildman–Crippen LogP) is 2.55. The Hall–Kier alpha value is -2.87. The van der Waals surface area contributed by atoms with Crippen LogP contribution in [0.3, 0.4) is 0 Å². The molecule has 0 atom stereocenters. The summed E-state index contributed by atoms with van der Waals surface area (Å²) in [7, 11) is 0. The number of amides is 2. The third-order valence-electron chi connectivity index (χ3n) is 5.15. The van der Waals surface area contributed by atoms with Gasteiger partial charge in [0, 0.05) is 12.1 Å². The van der Waals surface area contributed by atoms with Crippen molar-refractivity contribution in [2.75, 3.05) is 18.4 Å². The molecule has 1 aliphatic rings. The number of carboxylic acid groups (broad SMARTS) is 1. The number of anilines is 1. The maximum absolute atomic E-state index is 12.2. The molecule has 3 N–H and O–H groups in total. The fraction of sp³-hybridized carbons (Fsp3) is 0.450. The molecule has 0 radical (unpaired) electrons. The number of benzene rings is 1. The quantitative estimate of drug-likeness (QED) is 0.680. The largest absolute Gasteiger partial charge is 0.480 e. The molecule has 1 fully saturated rings. The Balaban J connectivity index is 1.50. The maximum Gasteiger partial charge on any atom is 0.319 e. The molecule has 0 bridgehead atoms. The van der Waals surface area contributed by atoms with Crippen LogP contribution in [0.5, 0.6) is 0 Å². The molecule has 2 aromatic rings. The molecule has 150 valence electrons. The third-order valence-corrected chi connectivity index (χ3v) is 5.15. The van der Waals surface area contributed by atoms with E-state index in [0.29, 0.717) is 12.2 Å². The zero-order chi connectivity index (χ0) is 20.3. The van der Waals surface area contributed by atoms with E-state index in [2.05, 4.69) is 21.8 Å². The van der Waals surface area contributed by atoms with E-state index >= 15 is 0 Å². The molecule has 1 aromatic heterocycles. The number of carbonyl (C=O) groups excluding carboxylic acids is 1. The number of aliphatic carboxylic acids is 1. The van der Waals surface area contributed by atoms with Gasteiger partial charge in [-0.15, -0.1) is 0 Å². The third kappa shape index (κ3) is 4.69. The molecule has 2 amide bonds. The summed E-state index contributed by atoms with van der Waals surface area (Å²) >= 11 is 0. The molecular weight excluding hydrogens is 358 g/mol. The topological polar surface area (TPSA) is 99.5 Å². The second kappa shape index (κ2) is 8.43. The number of nitrogens with one attached hydrogen (secondary N) is 2.